The number of amides is 2. The van der Waals surface area contributed by atoms with Crippen molar-refractivity contribution in [3.05, 3.63) is 12.4 Å². The number of carbonyl (C=O) groups excluding carboxylic acids is 1. The zero-order chi connectivity index (χ0) is 13.7. The number of hydrogen-bond donors (Lipinski definition) is 4. The molecule has 1 aromatic heterocycles. The van der Waals surface area contributed by atoms with Gasteiger partial charge in [-0.15, -0.1) is 0 Å². The molecule has 0 aliphatic carbocycles. The van der Waals surface area contributed by atoms with E-state index < -0.39 is 30.4 Å². The number of hydrogen-bond acceptors (Lipinski definition) is 4. The molecular weight excluding hydrogens is 244 g/mol. The lowest BCUT2D eigenvalue weighted by Crippen LogP contribution is -2.44. The first-order valence-electron chi connectivity index (χ1n) is 4.89. The van der Waals surface area contributed by atoms with Crippen molar-refractivity contribution in [1.82, 2.24) is 15.1 Å². The molecule has 2 amide bonds. The number of carboxylic acids is 2. The number of carboxylic acid groups (broad SMARTS) is 2. The maximum atomic E-state index is 11.4. The first-order valence-corrected chi connectivity index (χ1v) is 4.89. The predicted molar refractivity (Wildman–Crippen MR) is 59.0 cm³/mol. The topological polar surface area (TPSA) is 134 Å². The minimum absolute atomic E-state index is 0.370. The van der Waals surface area contributed by atoms with Crippen molar-refractivity contribution in [2.45, 2.75) is 12.5 Å². The molecule has 1 heterocycles. The van der Waals surface area contributed by atoms with Crippen molar-refractivity contribution >= 4 is 23.7 Å². The van der Waals surface area contributed by atoms with Gasteiger partial charge in [-0.2, -0.15) is 5.10 Å². The molecule has 0 bridgehead atoms. The monoisotopic (exact) mass is 256 g/mol. The molecule has 4 N–H and O–H groups in total. The van der Waals surface area contributed by atoms with Crippen LogP contribution in [-0.2, 0) is 16.6 Å². The molecule has 1 unspecified atom stereocenters. The van der Waals surface area contributed by atoms with Crippen LogP contribution in [0.15, 0.2) is 12.4 Å². The minimum atomic E-state index is -1.49. The van der Waals surface area contributed by atoms with E-state index in [0.29, 0.717) is 5.69 Å². The Hall–Kier alpha value is -2.58. The highest BCUT2D eigenvalue weighted by Gasteiger charge is 2.23. The van der Waals surface area contributed by atoms with Gasteiger partial charge in [-0.05, 0) is 0 Å². The first kappa shape index (κ1) is 13.5. The van der Waals surface area contributed by atoms with E-state index in [1.54, 1.807) is 7.05 Å². The third-order valence-corrected chi connectivity index (χ3v) is 1.94. The fraction of sp³-hybridized carbons (Fsp3) is 0.333. The summed E-state index contributed by atoms with van der Waals surface area (Å²) in [6.45, 7) is 0. The lowest BCUT2D eigenvalue weighted by molar-refractivity contribution is -0.145. The fourth-order valence-corrected chi connectivity index (χ4v) is 1.19. The molecule has 0 spiro atoms. The second-order valence-corrected chi connectivity index (χ2v) is 3.49. The molecule has 9 nitrogen and oxygen atoms in total. The summed E-state index contributed by atoms with van der Waals surface area (Å²) < 4.78 is 1.45. The standard InChI is InChI=1S/C9H12N4O5/c1-13-4-5(3-10-13)11-9(18)12-6(8(16)17)2-7(14)15/h3-4,6H,2H2,1H3,(H,14,15)(H,16,17)(H2,11,12,18). The van der Waals surface area contributed by atoms with Gasteiger partial charge in [-0.3, -0.25) is 9.48 Å². The Morgan fingerprint density at radius 1 is 1.44 bits per heavy atom. The van der Waals surface area contributed by atoms with E-state index in [4.69, 9.17) is 10.2 Å². The molecule has 1 rings (SSSR count). The number of nitrogens with zero attached hydrogens (tertiary/aromatic N) is 2. The second-order valence-electron chi connectivity index (χ2n) is 3.49. The summed E-state index contributed by atoms with van der Waals surface area (Å²) in [4.78, 5) is 32.5. The van der Waals surface area contributed by atoms with Gasteiger partial charge in [-0.25, -0.2) is 9.59 Å². The minimum Gasteiger partial charge on any atom is -0.481 e. The van der Waals surface area contributed by atoms with Crippen LogP contribution < -0.4 is 10.6 Å². The van der Waals surface area contributed by atoms with Crippen molar-refractivity contribution < 1.29 is 24.6 Å². The summed E-state index contributed by atoms with van der Waals surface area (Å²) in [7, 11) is 1.65. The quantitative estimate of drug-likeness (QED) is 0.559. The third kappa shape index (κ3) is 4.12. The van der Waals surface area contributed by atoms with Gasteiger partial charge in [0.05, 0.1) is 18.3 Å². The average Bonchev–Trinajstić information content (AvgIpc) is 2.62. The summed E-state index contributed by atoms with van der Waals surface area (Å²) in [5.41, 5.74) is 0.370. The van der Waals surface area contributed by atoms with Crippen LogP contribution in [0.1, 0.15) is 6.42 Å². The van der Waals surface area contributed by atoms with E-state index in [9.17, 15) is 14.4 Å². The average molecular weight is 256 g/mol. The van der Waals surface area contributed by atoms with Gasteiger partial charge in [0.25, 0.3) is 0 Å². The summed E-state index contributed by atoms with van der Waals surface area (Å²) in [5.74, 6) is -2.73. The van der Waals surface area contributed by atoms with Gasteiger partial charge < -0.3 is 20.8 Å². The molecule has 9 heteroatoms. The molecule has 0 radical (unpaired) electrons. The number of aromatic nitrogens is 2. The van der Waals surface area contributed by atoms with Crippen LogP contribution in [0, 0.1) is 0 Å². The van der Waals surface area contributed by atoms with E-state index in [-0.39, 0.29) is 0 Å². The van der Waals surface area contributed by atoms with Crippen molar-refractivity contribution in [3.63, 3.8) is 0 Å². The molecule has 98 valence electrons. The van der Waals surface area contributed by atoms with Crippen molar-refractivity contribution in [2.75, 3.05) is 5.32 Å². The maximum absolute atomic E-state index is 11.4. The Morgan fingerprint density at radius 3 is 2.56 bits per heavy atom. The second kappa shape index (κ2) is 5.66. The van der Waals surface area contributed by atoms with Crippen LogP contribution in [0.4, 0.5) is 10.5 Å². The van der Waals surface area contributed by atoms with Gasteiger partial charge in [0.15, 0.2) is 0 Å². The number of urea groups is 1. The Labute approximate surface area is 101 Å². The molecular formula is C9H12N4O5. The maximum Gasteiger partial charge on any atom is 0.326 e. The van der Waals surface area contributed by atoms with Crippen LogP contribution in [0.5, 0.6) is 0 Å². The number of carbonyl (C=O) groups is 3. The first-order chi connectivity index (χ1) is 8.38. The fourth-order valence-electron chi connectivity index (χ4n) is 1.19. The molecule has 0 aliphatic heterocycles. The van der Waals surface area contributed by atoms with Crippen molar-refractivity contribution in [2.24, 2.45) is 7.05 Å². The Kier molecular flexibility index (Phi) is 4.24. The molecule has 0 aromatic carbocycles. The predicted octanol–water partition coefficient (Wildman–Crippen LogP) is -0.530. The lowest BCUT2D eigenvalue weighted by atomic mass is 10.2. The molecule has 0 fully saturated rings. The summed E-state index contributed by atoms with van der Waals surface area (Å²) in [6.07, 6.45) is 2.18. The summed E-state index contributed by atoms with van der Waals surface area (Å²) in [5, 5.41) is 25.4. The van der Waals surface area contributed by atoms with Crippen LogP contribution >= 0.6 is 0 Å². The number of anilines is 1. The van der Waals surface area contributed by atoms with Crippen LogP contribution in [0.25, 0.3) is 0 Å². The van der Waals surface area contributed by atoms with E-state index in [2.05, 4.69) is 10.4 Å². The molecule has 0 saturated heterocycles. The normalized spacial score (nSPS) is 11.6. The highest BCUT2D eigenvalue weighted by molar-refractivity contribution is 5.93. The third-order valence-electron chi connectivity index (χ3n) is 1.94. The SMILES string of the molecule is Cn1cc(NC(=O)NC(CC(=O)O)C(=O)O)cn1. The molecule has 18 heavy (non-hydrogen) atoms. The van der Waals surface area contributed by atoms with E-state index in [0.717, 1.165) is 0 Å². The van der Waals surface area contributed by atoms with E-state index in [1.165, 1.54) is 17.1 Å². The zero-order valence-corrected chi connectivity index (χ0v) is 9.45. The van der Waals surface area contributed by atoms with Gasteiger partial charge in [0.1, 0.15) is 6.04 Å². The van der Waals surface area contributed by atoms with Crippen LogP contribution in [0.2, 0.25) is 0 Å². The number of rotatable bonds is 5. The number of aliphatic carboxylic acids is 2. The Morgan fingerprint density at radius 2 is 2.11 bits per heavy atom. The van der Waals surface area contributed by atoms with Crippen molar-refractivity contribution in [3.8, 4) is 0 Å². The largest absolute Gasteiger partial charge is 0.481 e. The molecule has 0 aliphatic rings. The lowest BCUT2D eigenvalue weighted by Gasteiger charge is -2.12. The number of nitrogens with one attached hydrogen (secondary N) is 2. The Balaban J connectivity index is 2.56. The molecule has 1 atom stereocenters. The van der Waals surface area contributed by atoms with Crippen LogP contribution in [0.3, 0.4) is 0 Å². The molecule has 1 aromatic rings. The Bertz CT molecular complexity index is 469. The zero-order valence-electron chi connectivity index (χ0n) is 9.45. The van der Waals surface area contributed by atoms with Crippen molar-refractivity contribution in [1.29, 1.82) is 0 Å². The number of aryl methyl sites for hydroxylation is 1. The van der Waals surface area contributed by atoms with E-state index in [1.807, 2.05) is 5.32 Å². The smallest absolute Gasteiger partial charge is 0.326 e. The van der Waals surface area contributed by atoms with Gasteiger partial charge in [-0.1, -0.05) is 0 Å². The van der Waals surface area contributed by atoms with Gasteiger partial charge in [0, 0.05) is 13.2 Å². The van der Waals surface area contributed by atoms with E-state index >= 15 is 0 Å². The van der Waals surface area contributed by atoms with Gasteiger partial charge in [0.2, 0.25) is 0 Å². The van der Waals surface area contributed by atoms with Crippen LogP contribution in [-0.4, -0.2) is 44.0 Å². The highest BCUT2D eigenvalue weighted by atomic mass is 16.4. The summed E-state index contributed by atoms with van der Waals surface area (Å²) >= 11 is 0. The summed E-state index contributed by atoms with van der Waals surface area (Å²) in [6, 6.07) is -2.30. The van der Waals surface area contributed by atoms with Gasteiger partial charge >= 0.3 is 18.0 Å². The molecule has 0 saturated carbocycles. The highest BCUT2D eigenvalue weighted by Crippen LogP contribution is 2.03.